The minimum Gasteiger partial charge on any atom is -0.256 e. The Labute approximate surface area is 236 Å². The third kappa shape index (κ3) is 6.51. The van der Waals surface area contributed by atoms with Crippen LogP contribution in [0.2, 0.25) is 0 Å². The summed E-state index contributed by atoms with van der Waals surface area (Å²) in [6.45, 7) is 3.35. The van der Waals surface area contributed by atoms with Gasteiger partial charge in [0.05, 0.1) is 20.9 Å². The summed E-state index contributed by atoms with van der Waals surface area (Å²) in [7, 11) is -10.2. The smallest absolute Gasteiger partial charge is 0.175 e. The van der Waals surface area contributed by atoms with Crippen molar-refractivity contribution in [2.24, 2.45) is 0 Å². The van der Waals surface area contributed by atoms with E-state index < -0.39 is 34.3 Å². The van der Waals surface area contributed by atoms with Crippen LogP contribution in [0.1, 0.15) is 30.5 Å². The van der Waals surface area contributed by atoms with Crippen LogP contribution < -0.4 is 0 Å². The topological polar surface area (TPSA) is 115 Å². The molecule has 7 nitrogen and oxygen atoms in total. The predicted molar refractivity (Wildman–Crippen MR) is 162 cm³/mol. The van der Waals surface area contributed by atoms with E-state index in [1.807, 2.05) is 42.5 Å². The molecule has 0 aliphatic carbocycles. The molecule has 40 heavy (non-hydrogen) atoms. The van der Waals surface area contributed by atoms with Gasteiger partial charge in [-0.25, -0.2) is 25.3 Å². The van der Waals surface area contributed by atoms with Crippen molar-refractivity contribution in [3.8, 4) is 11.1 Å². The maximum Gasteiger partial charge on any atom is 0.175 e. The molecule has 0 N–H and O–H groups in total. The maximum atomic E-state index is 12.6. The molecule has 0 aliphatic heterocycles. The lowest BCUT2D eigenvalue weighted by atomic mass is 9.92. The van der Waals surface area contributed by atoms with Crippen molar-refractivity contribution < 1.29 is 25.3 Å². The van der Waals surface area contributed by atoms with Crippen LogP contribution in [0.25, 0.3) is 33.7 Å². The van der Waals surface area contributed by atoms with Crippen LogP contribution in [0.15, 0.2) is 83.9 Å². The van der Waals surface area contributed by atoms with Crippen molar-refractivity contribution >= 4 is 52.1 Å². The van der Waals surface area contributed by atoms with Crippen LogP contribution >= 0.6 is 0 Å². The fourth-order valence-electron chi connectivity index (χ4n) is 4.38. The summed E-state index contributed by atoms with van der Waals surface area (Å²) in [5.41, 5.74) is 4.71. The lowest BCUT2D eigenvalue weighted by Gasteiger charge is -2.24. The van der Waals surface area contributed by atoms with E-state index in [0.29, 0.717) is 22.2 Å². The number of hydrogen-bond donors (Lipinski definition) is 0. The van der Waals surface area contributed by atoms with E-state index in [-0.39, 0.29) is 10.6 Å². The first-order valence-corrected chi connectivity index (χ1v) is 18.2. The van der Waals surface area contributed by atoms with Crippen molar-refractivity contribution in [3.05, 3.63) is 95.7 Å². The fourth-order valence-corrected chi connectivity index (χ4v) is 6.37. The lowest BCUT2D eigenvalue weighted by molar-refractivity contribution is 0.561. The van der Waals surface area contributed by atoms with Gasteiger partial charge in [0.2, 0.25) is 0 Å². The van der Waals surface area contributed by atoms with E-state index in [1.54, 1.807) is 44.3 Å². The predicted octanol–water partition coefficient (Wildman–Crippen LogP) is 5.17. The summed E-state index contributed by atoms with van der Waals surface area (Å²) in [6, 6.07) is 21.0. The van der Waals surface area contributed by atoms with Crippen molar-refractivity contribution in [2.75, 3.05) is 24.5 Å². The molecule has 0 amide bonds. The van der Waals surface area contributed by atoms with Crippen LogP contribution in [0.3, 0.4) is 0 Å². The molecule has 0 unspecified atom stereocenters. The summed E-state index contributed by atoms with van der Waals surface area (Å²) in [6.07, 6.45) is 6.93. The van der Waals surface area contributed by atoms with Crippen molar-refractivity contribution in [1.82, 2.24) is 4.98 Å². The van der Waals surface area contributed by atoms with Gasteiger partial charge in [-0.05, 0) is 78.1 Å². The van der Waals surface area contributed by atoms with Crippen molar-refractivity contribution in [2.45, 2.75) is 23.5 Å². The molecule has 3 aromatic carbocycles. The second-order valence-electron chi connectivity index (χ2n) is 10.5. The SMILES string of the molecule is CC(C)(c1cc(-c2cccc(/C=C(\CS(C)(=O)=O)c3ccc(S(C)(=O)=O)cc3)c2)c2ncccc2c1)S(C)(=O)=O. The first-order valence-electron chi connectivity index (χ1n) is 12.3. The molecule has 0 spiro atoms. The van der Waals surface area contributed by atoms with Gasteiger partial charge in [0.15, 0.2) is 29.5 Å². The van der Waals surface area contributed by atoms with Crippen molar-refractivity contribution in [3.63, 3.8) is 0 Å². The van der Waals surface area contributed by atoms with Gasteiger partial charge < -0.3 is 0 Å². The molecule has 4 rings (SSSR count). The quantitative estimate of drug-likeness (QED) is 0.257. The number of rotatable bonds is 8. The Morgan fingerprint density at radius 1 is 0.825 bits per heavy atom. The summed E-state index contributed by atoms with van der Waals surface area (Å²) in [4.78, 5) is 4.71. The van der Waals surface area contributed by atoms with Gasteiger partial charge in [-0.2, -0.15) is 0 Å². The number of sulfone groups is 3. The Balaban J connectivity index is 1.89. The molecule has 1 heterocycles. The minimum atomic E-state index is -3.43. The van der Waals surface area contributed by atoms with Gasteiger partial charge in [-0.3, -0.25) is 4.98 Å². The van der Waals surface area contributed by atoms with E-state index >= 15 is 0 Å². The number of nitrogens with zero attached hydrogens (tertiary/aromatic N) is 1. The maximum absolute atomic E-state index is 12.6. The molecule has 210 valence electrons. The first-order chi connectivity index (χ1) is 18.5. The summed E-state index contributed by atoms with van der Waals surface area (Å²) < 4.78 is 72.5. The minimum absolute atomic E-state index is 0.147. The van der Waals surface area contributed by atoms with Gasteiger partial charge >= 0.3 is 0 Å². The normalized spacial score (nSPS) is 13.5. The number of fused-ring (bicyclic) bond motifs is 1. The number of hydrogen-bond acceptors (Lipinski definition) is 7. The van der Waals surface area contributed by atoms with Crippen LogP contribution in [0.5, 0.6) is 0 Å². The van der Waals surface area contributed by atoms with Gasteiger partial charge in [0, 0.05) is 35.9 Å². The fraction of sp³-hybridized carbons (Fsp3) is 0.233. The van der Waals surface area contributed by atoms with E-state index in [2.05, 4.69) is 4.98 Å². The summed E-state index contributed by atoms with van der Waals surface area (Å²) >= 11 is 0. The summed E-state index contributed by atoms with van der Waals surface area (Å²) in [5, 5.41) is 0.802. The lowest BCUT2D eigenvalue weighted by Crippen LogP contribution is -2.28. The molecule has 0 aliphatic rings. The molecule has 4 aromatic rings. The van der Waals surface area contributed by atoms with Crippen LogP contribution in [-0.4, -0.2) is 54.8 Å². The number of benzene rings is 3. The molecule has 0 atom stereocenters. The third-order valence-corrected chi connectivity index (χ3v) is 11.0. The first kappa shape index (κ1) is 29.6. The molecule has 10 heteroatoms. The second kappa shape index (κ2) is 10.6. The van der Waals surface area contributed by atoms with Gasteiger partial charge in [-0.1, -0.05) is 42.5 Å². The number of pyridine rings is 1. The average molecular weight is 598 g/mol. The highest BCUT2D eigenvalue weighted by molar-refractivity contribution is 7.91. The van der Waals surface area contributed by atoms with Crippen LogP contribution in [0.4, 0.5) is 0 Å². The molecule has 0 radical (unpaired) electrons. The van der Waals surface area contributed by atoms with Crippen LogP contribution in [0, 0.1) is 0 Å². The Bertz CT molecular complexity index is 1960. The van der Waals surface area contributed by atoms with E-state index in [0.717, 1.165) is 34.6 Å². The van der Waals surface area contributed by atoms with Gasteiger partial charge in [-0.15, -0.1) is 0 Å². The standard InChI is InChI=1S/C30H31NO6S3/c1-30(2,40(5,36)37)26-18-24-10-7-15-31-29(24)28(19-26)23-9-6-8-21(16-23)17-25(20-38(3,32)33)22-11-13-27(14-12-22)39(4,34)35/h6-19H,20H2,1-5H3/b25-17+. The second-order valence-corrected chi connectivity index (χ2v) is 17.3. The Morgan fingerprint density at radius 2 is 1.50 bits per heavy atom. The van der Waals surface area contributed by atoms with E-state index in [9.17, 15) is 25.3 Å². The molecule has 0 saturated heterocycles. The molecule has 0 saturated carbocycles. The highest BCUT2D eigenvalue weighted by atomic mass is 32.2. The zero-order valence-corrected chi connectivity index (χ0v) is 25.4. The highest BCUT2D eigenvalue weighted by Crippen LogP contribution is 2.37. The number of aromatic nitrogens is 1. The van der Waals surface area contributed by atoms with Crippen LogP contribution in [-0.2, 0) is 34.3 Å². The Morgan fingerprint density at radius 3 is 2.10 bits per heavy atom. The monoisotopic (exact) mass is 597 g/mol. The molecular weight excluding hydrogens is 567 g/mol. The zero-order valence-electron chi connectivity index (χ0n) is 22.9. The summed E-state index contributed by atoms with van der Waals surface area (Å²) in [5.74, 6) is -0.238. The molecular formula is C30H31NO6S3. The van der Waals surface area contributed by atoms with Gasteiger partial charge in [0.1, 0.15) is 0 Å². The molecule has 0 fully saturated rings. The average Bonchev–Trinajstić information content (AvgIpc) is 2.86. The van der Waals surface area contributed by atoms with Gasteiger partial charge in [0.25, 0.3) is 0 Å². The molecule has 1 aromatic heterocycles. The highest BCUT2D eigenvalue weighted by Gasteiger charge is 2.33. The Hall–Kier alpha value is -3.34. The van der Waals surface area contributed by atoms with E-state index in [4.69, 9.17) is 0 Å². The zero-order chi connectivity index (χ0) is 29.5. The van der Waals surface area contributed by atoms with E-state index in [1.165, 1.54) is 18.4 Å². The Kier molecular flexibility index (Phi) is 7.83. The molecule has 0 bridgehead atoms. The third-order valence-electron chi connectivity index (χ3n) is 6.94. The largest absolute Gasteiger partial charge is 0.256 e. The van der Waals surface area contributed by atoms with Crippen molar-refractivity contribution in [1.29, 1.82) is 0 Å².